The molecule has 0 saturated heterocycles. The Labute approximate surface area is 128 Å². The topological polar surface area (TPSA) is 88.1 Å². The lowest BCUT2D eigenvalue weighted by molar-refractivity contribution is -0.384. The van der Waals surface area contributed by atoms with E-state index < -0.39 is 4.92 Å². The smallest absolute Gasteiger partial charge is 0.296 e. The molecule has 0 unspecified atom stereocenters. The minimum absolute atomic E-state index is 0.0910. The fraction of sp³-hybridized carbons (Fsp3) is 0.250. The summed E-state index contributed by atoms with van der Waals surface area (Å²) < 4.78 is 0. The largest absolute Gasteiger partial charge is 0.508 e. The van der Waals surface area contributed by atoms with E-state index in [1.165, 1.54) is 6.07 Å². The van der Waals surface area contributed by atoms with E-state index in [1.54, 1.807) is 37.3 Å². The number of para-hydroxylation sites is 1. The Kier molecular flexibility index (Phi) is 4.50. The summed E-state index contributed by atoms with van der Waals surface area (Å²) in [6.45, 7) is 5.73. The van der Waals surface area contributed by atoms with E-state index in [9.17, 15) is 15.2 Å². The van der Waals surface area contributed by atoms with E-state index in [0.717, 1.165) is 11.1 Å². The molecule has 0 atom stereocenters. The second-order valence-electron chi connectivity index (χ2n) is 5.30. The highest BCUT2D eigenvalue weighted by Crippen LogP contribution is 2.34. The molecule has 2 rings (SSSR count). The van der Waals surface area contributed by atoms with Crippen molar-refractivity contribution in [1.29, 1.82) is 0 Å². The quantitative estimate of drug-likeness (QED) is 0.481. The van der Waals surface area contributed by atoms with Crippen molar-refractivity contribution in [3.63, 3.8) is 0 Å². The highest BCUT2D eigenvalue weighted by molar-refractivity contribution is 5.58. The Balaban J connectivity index is 2.43. The van der Waals surface area contributed by atoms with Gasteiger partial charge in [0, 0.05) is 6.07 Å². The van der Waals surface area contributed by atoms with E-state index in [1.807, 2.05) is 13.8 Å². The first-order chi connectivity index (χ1) is 10.4. The van der Waals surface area contributed by atoms with Gasteiger partial charge in [0.2, 0.25) is 0 Å². The van der Waals surface area contributed by atoms with Gasteiger partial charge in [0.25, 0.3) is 5.69 Å². The normalized spacial score (nSPS) is 11.3. The second-order valence-corrected chi connectivity index (χ2v) is 5.30. The summed E-state index contributed by atoms with van der Waals surface area (Å²) in [4.78, 5) is 10.5. The number of rotatable bonds is 4. The Hall–Kier alpha value is -2.76. The van der Waals surface area contributed by atoms with Crippen molar-refractivity contribution in [3.05, 3.63) is 57.6 Å². The molecule has 2 aromatic rings. The number of hydrogen-bond donors (Lipinski definition) is 1. The zero-order valence-electron chi connectivity index (χ0n) is 12.6. The highest BCUT2D eigenvalue weighted by Gasteiger charge is 2.13. The summed E-state index contributed by atoms with van der Waals surface area (Å²) in [7, 11) is 0. The third kappa shape index (κ3) is 3.28. The van der Waals surface area contributed by atoms with Gasteiger partial charge in [0.15, 0.2) is 5.69 Å². The average molecular weight is 299 g/mol. The number of phenols is 1. The molecular formula is C16H17N3O3. The molecular weight excluding hydrogens is 282 g/mol. The first-order valence-electron chi connectivity index (χ1n) is 6.89. The van der Waals surface area contributed by atoms with Crippen molar-refractivity contribution in [1.82, 2.24) is 0 Å². The zero-order chi connectivity index (χ0) is 16.3. The van der Waals surface area contributed by atoms with Crippen LogP contribution in [0.5, 0.6) is 5.75 Å². The van der Waals surface area contributed by atoms with Gasteiger partial charge in [0.1, 0.15) is 5.75 Å². The fourth-order valence-corrected chi connectivity index (χ4v) is 2.08. The predicted octanol–water partition coefficient (Wildman–Crippen LogP) is 5.15. The van der Waals surface area contributed by atoms with Crippen LogP contribution in [-0.2, 0) is 0 Å². The molecule has 0 amide bonds. The van der Waals surface area contributed by atoms with Crippen LogP contribution in [0.1, 0.15) is 30.9 Å². The van der Waals surface area contributed by atoms with Crippen molar-refractivity contribution >= 4 is 17.1 Å². The summed E-state index contributed by atoms with van der Waals surface area (Å²) in [5.74, 6) is 0.359. The molecule has 0 aliphatic carbocycles. The lowest BCUT2D eigenvalue weighted by Crippen LogP contribution is -1.89. The molecule has 22 heavy (non-hydrogen) atoms. The number of azo groups is 1. The van der Waals surface area contributed by atoms with Crippen molar-refractivity contribution in [3.8, 4) is 5.75 Å². The Morgan fingerprint density at radius 2 is 1.77 bits per heavy atom. The Bertz CT molecular complexity index is 739. The summed E-state index contributed by atoms with van der Waals surface area (Å²) >= 11 is 0. The fourth-order valence-electron chi connectivity index (χ4n) is 2.08. The molecule has 0 bridgehead atoms. The Morgan fingerprint density at radius 3 is 2.41 bits per heavy atom. The molecule has 0 radical (unpaired) electrons. The summed E-state index contributed by atoms with van der Waals surface area (Å²) in [6.07, 6.45) is 0. The number of nitro benzene ring substituents is 1. The first-order valence-corrected chi connectivity index (χ1v) is 6.89. The molecule has 1 N–H and O–H groups in total. The molecule has 114 valence electrons. The lowest BCUT2D eigenvalue weighted by atomic mass is 9.99. The van der Waals surface area contributed by atoms with Crippen LogP contribution in [0.25, 0.3) is 0 Å². The SMILES string of the molecule is Cc1cc(O)c(C(C)C)cc1N=Nc1ccccc1[N+](=O)[O-]. The Morgan fingerprint density at radius 1 is 1.14 bits per heavy atom. The molecule has 0 spiro atoms. The number of nitro groups is 1. The third-order valence-electron chi connectivity index (χ3n) is 3.31. The van der Waals surface area contributed by atoms with Crippen molar-refractivity contribution in [2.75, 3.05) is 0 Å². The molecule has 2 aromatic carbocycles. The number of aryl methyl sites for hydroxylation is 1. The average Bonchev–Trinajstić information content (AvgIpc) is 2.46. The monoisotopic (exact) mass is 299 g/mol. The highest BCUT2D eigenvalue weighted by atomic mass is 16.6. The van der Waals surface area contributed by atoms with E-state index in [-0.39, 0.29) is 23.0 Å². The van der Waals surface area contributed by atoms with Crippen LogP contribution in [0.15, 0.2) is 46.6 Å². The molecule has 0 saturated carbocycles. The van der Waals surface area contributed by atoms with Gasteiger partial charge in [0.05, 0.1) is 10.6 Å². The number of benzene rings is 2. The van der Waals surface area contributed by atoms with Gasteiger partial charge in [-0.05, 0) is 42.2 Å². The maximum absolute atomic E-state index is 11.0. The van der Waals surface area contributed by atoms with Crippen LogP contribution in [0, 0.1) is 17.0 Å². The summed E-state index contributed by atoms with van der Waals surface area (Å²) in [5, 5.41) is 29.0. The van der Waals surface area contributed by atoms with E-state index in [0.29, 0.717) is 5.69 Å². The van der Waals surface area contributed by atoms with Gasteiger partial charge in [-0.25, -0.2) is 0 Å². The standard InChI is InChI=1S/C16H17N3O3/c1-10(2)12-9-14(11(3)8-16(12)20)18-17-13-6-4-5-7-15(13)19(21)22/h4-10,20H,1-3H3. The number of hydrogen-bond acceptors (Lipinski definition) is 5. The number of aromatic hydroxyl groups is 1. The maximum atomic E-state index is 11.0. The summed E-state index contributed by atoms with van der Waals surface area (Å²) in [5.41, 5.74) is 2.21. The first kappa shape index (κ1) is 15.6. The van der Waals surface area contributed by atoms with E-state index >= 15 is 0 Å². The minimum Gasteiger partial charge on any atom is -0.508 e. The molecule has 6 heteroatoms. The van der Waals surface area contributed by atoms with Crippen LogP contribution in [0.2, 0.25) is 0 Å². The van der Waals surface area contributed by atoms with Gasteiger partial charge >= 0.3 is 0 Å². The van der Waals surface area contributed by atoms with Gasteiger partial charge < -0.3 is 5.11 Å². The van der Waals surface area contributed by atoms with Gasteiger partial charge in [-0.15, -0.1) is 5.11 Å². The zero-order valence-corrected chi connectivity index (χ0v) is 12.6. The third-order valence-corrected chi connectivity index (χ3v) is 3.31. The van der Waals surface area contributed by atoms with Gasteiger partial charge in [-0.2, -0.15) is 5.11 Å². The van der Waals surface area contributed by atoms with Crippen LogP contribution in [0.3, 0.4) is 0 Å². The predicted molar refractivity (Wildman–Crippen MR) is 84.2 cm³/mol. The minimum atomic E-state index is -0.489. The van der Waals surface area contributed by atoms with Crippen LogP contribution in [0.4, 0.5) is 17.1 Å². The van der Waals surface area contributed by atoms with Crippen LogP contribution < -0.4 is 0 Å². The second kappa shape index (κ2) is 6.34. The van der Waals surface area contributed by atoms with Crippen LogP contribution in [-0.4, -0.2) is 10.0 Å². The van der Waals surface area contributed by atoms with Gasteiger partial charge in [-0.3, -0.25) is 10.1 Å². The number of phenolic OH excluding ortho intramolecular Hbond substituents is 1. The van der Waals surface area contributed by atoms with Crippen molar-refractivity contribution in [2.45, 2.75) is 26.7 Å². The molecule has 0 heterocycles. The maximum Gasteiger partial charge on any atom is 0.296 e. The van der Waals surface area contributed by atoms with Crippen molar-refractivity contribution < 1.29 is 10.0 Å². The van der Waals surface area contributed by atoms with E-state index in [2.05, 4.69) is 10.2 Å². The van der Waals surface area contributed by atoms with Gasteiger partial charge in [-0.1, -0.05) is 26.0 Å². The van der Waals surface area contributed by atoms with Crippen LogP contribution >= 0.6 is 0 Å². The molecule has 0 fully saturated rings. The van der Waals surface area contributed by atoms with Crippen molar-refractivity contribution in [2.24, 2.45) is 10.2 Å². The molecule has 0 aliphatic heterocycles. The summed E-state index contributed by atoms with van der Waals surface area (Å²) in [6, 6.07) is 9.57. The molecule has 6 nitrogen and oxygen atoms in total. The van der Waals surface area contributed by atoms with E-state index in [4.69, 9.17) is 0 Å². The lowest BCUT2D eigenvalue weighted by Gasteiger charge is -2.10. The molecule has 0 aliphatic rings. The number of nitrogens with zero attached hydrogens (tertiary/aromatic N) is 3. The molecule has 0 aromatic heterocycles.